The SMILES string of the molecule is CCCCC/C=C/CCCOC(=O)CCCC(=O)OCC. The van der Waals surface area contributed by atoms with Crippen LogP contribution in [-0.4, -0.2) is 25.2 Å². The van der Waals surface area contributed by atoms with Crippen LogP contribution in [0, 0.1) is 0 Å². The summed E-state index contributed by atoms with van der Waals surface area (Å²) in [6.07, 6.45) is 12.2. The monoisotopic (exact) mass is 298 g/mol. The number of carbonyl (C=O) groups is 2. The zero-order chi connectivity index (χ0) is 15.8. The van der Waals surface area contributed by atoms with Gasteiger partial charge in [0.15, 0.2) is 0 Å². The quantitative estimate of drug-likeness (QED) is 0.291. The van der Waals surface area contributed by atoms with Crippen LogP contribution in [0.5, 0.6) is 0 Å². The Hall–Kier alpha value is -1.32. The minimum Gasteiger partial charge on any atom is -0.466 e. The maximum absolute atomic E-state index is 11.4. The highest BCUT2D eigenvalue weighted by molar-refractivity contribution is 5.72. The van der Waals surface area contributed by atoms with Crippen molar-refractivity contribution in [1.29, 1.82) is 0 Å². The standard InChI is InChI=1S/C17H30O4/c1-3-5-6-7-8-9-10-11-15-21-17(19)14-12-13-16(18)20-4-2/h8-9H,3-7,10-15H2,1-2H3/b9-8+. The molecule has 0 radical (unpaired) electrons. The number of ether oxygens (including phenoxy) is 2. The maximum Gasteiger partial charge on any atom is 0.305 e. The molecule has 0 amide bonds. The molecule has 0 aromatic heterocycles. The molecule has 0 bridgehead atoms. The van der Waals surface area contributed by atoms with Crippen LogP contribution < -0.4 is 0 Å². The van der Waals surface area contributed by atoms with Gasteiger partial charge in [-0.25, -0.2) is 0 Å². The van der Waals surface area contributed by atoms with Crippen LogP contribution in [0.4, 0.5) is 0 Å². The van der Waals surface area contributed by atoms with Crippen molar-refractivity contribution in [3.63, 3.8) is 0 Å². The third-order valence-corrected chi connectivity index (χ3v) is 2.99. The number of esters is 2. The van der Waals surface area contributed by atoms with E-state index in [1.54, 1.807) is 6.92 Å². The van der Waals surface area contributed by atoms with Crippen molar-refractivity contribution in [1.82, 2.24) is 0 Å². The van der Waals surface area contributed by atoms with Crippen molar-refractivity contribution in [2.24, 2.45) is 0 Å². The Balaban J connectivity index is 3.35. The average molecular weight is 298 g/mol. The predicted octanol–water partition coefficient (Wildman–Crippen LogP) is 4.18. The van der Waals surface area contributed by atoms with Gasteiger partial charge in [-0.3, -0.25) is 9.59 Å². The van der Waals surface area contributed by atoms with Crippen LogP contribution >= 0.6 is 0 Å². The molecule has 4 nitrogen and oxygen atoms in total. The van der Waals surface area contributed by atoms with E-state index >= 15 is 0 Å². The third kappa shape index (κ3) is 14.9. The van der Waals surface area contributed by atoms with Gasteiger partial charge >= 0.3 is 11.9 Å². The minimum atomic E-state index is -0.251. The first-order chi connectivity index (χ1) is 10.2. The van der Waals surface area contributed by atoms with Gasteiger partial charge in [0.2, 0.25) is 0 Å². The number of unbranched alkanes of at least 4 members (excludes halogenated alkanes) is 4. The van der Waals surface area contributed by atoms with Gasteiger partial charge in [-0.05, 0) is 39.0 Å². The average Bonchev–Trinajstić information content (AvgIpc) is 2.46. The summed E-state index contributed by atoms with van der Waals surface area (Å²) in [5.74, 6) is -0.482. The van der Waals surface area contributed by atoms with E-state index in [1.165, 1.54) is 19.3 Å². The molecule has 122 valence electrons. The van der Waals surface area contributed by atoms with E-state index in [2.05, 4.69) is 19.1 Å². The van der Waals surface area contributed by atoms with Gasteiger partial charge in [-0.1, -0.05) is 31.9 Å². The first-order valence-electron chi connectivity index (χ1n) is 8.16. The van der Waals surface area contributed by atoms with Crippen LogP contribution in [0.1, 0.15) is 71.6 Å². The molecule has 0 saturated heterocycles. The summed E-state index contributed by atoms with van der Waals surface area (Å²) >= 11 is 0. The van der Waals surface area contributed by atoms with Crippen LogP contribution in [0.3, 0.4) is 0 Å². The minimum absolute atomic E-state index is 0.230. The molecule has 0 saturated carbocycles. The summed E-state index contributed by atoms with van der Waals surface area (Å²) in [7, 11) is 0. The molecule has 4 heteroatoms. The molecule has 0 atom stereocenters. The van der Waals surface area contributed by atoms with Gasteiger partial charge in [-0.15, -0.1) is 0 Å². The normalized spacial score (nSPS) is 10.8. The molecule has 0 rings (SSSR count). The fourth-order valence-corrected chi connectivity index (χ4v) is 1.82. The smallest absolute Gasteiger partial charge is 0.305 e. The van der Waals surface area contributed by atoms with Gasteiger partial charge in [-0.2, -0.15) is 0 Å². The van der Waals surface area contributed by atoms with E-state index in [0.29, 0.717) is 19.6 Å². The Morgan fingerprint density at radius 1 is 0.810 bits per heavy atom. The largest absolute Gasteiger partial charge is 0.466 e. The number of hydrogen-bond acceptors (Lipinski definition) is 4. The lowest BCUT2D eigenvalue weighted by Crippen LogP contribution is -2.08. The number of carbonyl (C=O) groups excluding carboxylic acids is 2. The van der Waals surface area contributed by atoms with Gasteiger partial charge in [0.1, 0.15) is 0 Å². The van der Waals surface area contributed by atoms with E-state index in [1.807, 2.05) is 0 Å². The molecule has 0 aromatic carbocycles. The highest BCUT2D eigenvalue weighted by Gasteiger charge is 2.06. The molecule has 21 heavy (non-hydrogen) atoms. The van der Waals surface area contributed by atoms with Gasteiger partial charge in [0.25, 0.3) is 0 Å². The molecular formula is C17H30O4. The Labute approximate surface area is 128 Å². The topological polar surface area (TPSA) is 52.6 Å². The fourth-order valence-electron chi connectivity index (χ4n) is 1.82. The molecule has 0 aromatic rings. The number of hydrogen-bond donors (Lipinski definition) is 0. The van der Waals surface area contributed by atoms with E-state index < -0.39 is 0 Å². The van der Waals surface area contributed by atoms with Crippen molar-refractivity contribution < 1.29 is 19.1 Å². The van der Waals surface area contributed by atoms with Crippen LogP contribution in [0.15, 0.2) is 12.2 Å². The molecule has 0 N–H and O–H groups in total. The Bertz CT molecular complexity index is 297. The highest BCUT2D eigenvalue weighted by Crippen LogP contribution is 2.03. The van der Waals surface area contributed by atoms with Gasteiger partial charge < -0.3 is 9.47 Å². The third-order valence-electron chi connectivity index (χ3n) is 2.99. The Morgan fingerprint density at radius 2 is 1.43 bits per heavy atom. The van der Waals surface area contributed by atoms with E-state index in [0.717, 1.165) is 19.3 Å². The molecule has 0 heterocycles. The zero-order valence-electron chi connectivity index (χ0n) is 13.6. The summed E-state index contributed by atoms with van der Waals surface area (Å²) in [5, 5.41) is 0. The molecule has 0 fully saturated rings. The van der Waals surface area contributed by atoms with Gasteiger partial charge in [0, 0.05) is 12.8 Å². The lowest BCUT2D eigenvalue weighted by atomic mass is 10.2. The number of allylic oxidation sites excluding steroid dienone is 2. The molecule has 0 aliphatic carbocycles. The first kappa shape index (κ1) is 19.7. The van der Waals surface area contributed by atoms with Crippen molar-refractivity contribution >= 4 is 11.9 Å². The fraction of sp³-hybridized carbons (Fsp3) is 0.765. The van der Waals surface area contributed by atoms with E-state index in [4.69, 9.17) is 9.47 Å². The first-order valence-corrected chi connectivity index (χ1v) is 8.16. The molecule has 0 aliphatic heterocycles. The van der Waals surface area contributed by atoms with Crippen LogP contribution in [0.25, 0.3) is 0 Å². The van der Waals surface area contributed by atoms with E-state index in [9.17, 15) is 9.59 Å². The molecule has 0 spiro atoms. The second-order valence-electron chi connectivity index (χ2n) is 4.99. The summed E-state index contributed by atoms with van der Waals surface area (Å²) < 4.78 is 9.89. The zero-order valence-corrected chi connectivity index (χ0v) is 13.6. The van der Waals surface area contributed by atoms with Gasteiger partial charge in [0.05, 0.1) is 13.2 Å². The summed E-state index contributed by atoms with van der Waals surface area (Å²) in [5.41, 5.74) is 0. The molecular weight excluding hydrogens is 268 g/mol. The van der Waals surface area contributed by atoms with Crippen molar-refractivity contribution in [3.05, 3.63) is 12.2 Å². The predicted molar refractivity (Wildman–Crippen MR) is 84.0 cm³/mol. The lowest BCUT2D eigenvalue weighted by Gasteiger charge is -2.04. The van der Waals surface area contributed by atoms with Crippen molar-refractivity contribution in [2.45, 2.75) is 71.6 Å². The summed E-state index contributed by atoms with van der Waals surface area (Å²) in [4.78, 5) is 22.5. The van der Waals surface area contributed by atoms with Crippen LogP contribution in [0.2, 0.25) is 0 Å². The second-order valence-corrected chi connectivity index (χ2v) is 4.99. The van der Waals surface area contributed by atoms with Crippen molar-refractivity contribution in [2.75, 3.05) is 13.2 Å². The van der Waals surface area contributed by atoms with Crippen LogP contribution in [-0.2, 0) is 19.1 Å². The second kappa shape index (κ2) is 15.1. The Morgan fingerprint density at radius 3 is 2.05 bits per heavy atom. The molecule has 0 unspecified atom stereocenters. The highest BCUT2D eigenvalue weighted by atomic mass is 16.5. The lowest BCUT2D eigenvalue weighted by molar-refractivity contribution is -0.145. The summed E-state index contributed by atoms with van der Waals surface area (Å²) in [6, 6.07) is 0. The van der Waals surface area contributed by atoms with E-state index in [-0.39, 0.29) is 24.8 Å². The molecule has 0 aliphatic rings. The summed E-state index contributed by atoms with van der Waals surface area (Å²) in [6.45, 7) is 4.81. The number of rotatable bonds is 13. The maximum atomic E-state index is 11.4. The van der Waals surface area contributed by atoms with Crippen molar-refractivity contribution in [3.8, 4) is 0 Å². The Kier molecular flexibility index (Phi) is 14.1.